The van der Waals surface area contributed by atoms with Gasteiger partial charge in [0.25, 0.3) is 5.70 Å². The third-order valence-corrected chi connectivity index (χ3v) is 5.04. The first-order valence-corrected chi connectivity index (χ1v) is 9.02. The maximum Gasteiger partial charge on any atom is 0.274 e. The molecule has 0 unspecified atom stereocenters. The summed E-state index contributed by atoms with van der Waals surface area (Å²) in [6.07, 6.45) is 5.83. The molecule has 1 aliphatic heterocycles. The maximum atomic E-state index is 12.6. The first-order chi connectivity index (χ1) is 14.0. The second kappa shape index (κ2) is 7.24. The number of nitrogens with zero attached hydrogens (tertiary/aromatic N) is 2. The number of nitro groups is 1. The van der Waals surface area contributed by atoms with Crippen LogP contribution < -0.4 is 4.90 Å². The van der Waals surface area contributed by atoms with Gasteiger partial charge in [0.1, 0.15) is 0 Å². The number of allylic oxidation sites excluding steroid dienone is 5. The fraction of sp³-hybridized carbons (Fsp3) is 0.0870. The SMILES string of the molecule is COC1=CC([N+](=O)[O-])=C/C(=C/C=C2/c3ccccc3-c3ccccc3N2C)C1=O. The van der Waals surface area contributed by atoms with Gasteiger partial charge in [-0.3, -0.25) is 14.9 Å². The van der Waals surface area contributed by atoms with Crippen LogP contribution >= 0.6 is 0 Å². The highest BCUT2D eigenvalue weighted by Gasteiger charge is 2.26. The molecule has 1 heterocycles. The number of hydrogen-bond acceptors (Lipinski definition) is 5. The smallest absolute Gasteiger partial charge is 0.274 e. The molecule has 0 N–H and O–H groups in total. The summed E-state index contributed by atoms with van der Waals surface area (Å²) in [6.45, 7) is 0. The van der Waals surface area contributed by atoms with Crippen molar-refractivity contribution in [3.63, 3.8) is 0 Å². The number of para-hydroxylation sites is 1. The molecular formula is C23H18N2O4. The van der Waals surface area contributed by atoms with Crippen LogP contribution in [0.15, 0.2) is 89.9 Å². The molecule has 2 aromatic rings. The summed E-state index contributed by atoms with van der Waals surface area (Å²) in [4.78, 5) is 25.3. The Morgan fingerprint density at radius 1 is 0.966 bits per heavy atom. The standard InChI is InChI=1S/C23H18N2O4/c1-24-20-10-6-5-9-18(20)17-7-3-4-8-19(17)21(24)12-11-15-13-16(25(27)28)14-22(29-2)23(15)26/h3-14H,1-2H3/b15-11-,21-12-. The van der Waals surface area contributed by atoms with E-state index in [1.165, 1.54) is 13.2 Å². The molecule has 0 saturated heterocycles. The predicted octanol–water partition coefficient (Wildman–Crippen LogP) is 4.34. The molecule has 0 aromatic heterocycles. The molecule has 0 radical (unpaired) electrons. The molecule has 2 aliphatic rings. The lowest BCUT2D eigenvalue weighted by molar-refractivity contribution is -0.419. The molecule has 144 valence electrons. The van der Waals surface area contributed by atoms with Gasteiger partial charge < -0.3 is 9.64 Å². The molecule has 0 atom stereocenters. The van der Waals surface area contributed by atoms with Gasteiger partial charge in [0.05, 0.1) is 18.1 Å². The van der Waals surface area contributed by atoms with Crippen molar-refractivity contribution < 1.29 is 14.5 Å². The van der Waals surface area contributed by atoms with Gasteiger partial charge in [0, 0.05) is 41.2 Å². The zero-order valence-electron chi connectivity index (χ0n) is 16.0. The van der Waals surface area contributed by atoms with E-state index in [4.69, 9.17) is 4.74 Å². The summed E-state index contributed by atoms with van der Waals surface area (Å²) >= 11 is 0. The lowest BCUT2D eigenvalue weighted by Gasteiger charge is -2.32. The predicted molar refractivity (Wildman–Crippen MR) is 112 cm³/mol. The van der Waals surface area contributed by atoms with Crippen LogP contribution in [0.5, 0.6) is 0 Å². The van der Waals surface area contributed by atoms with Gasteiger partial charge in [0.15, 0.2) is 5.76 Å². The van der Waals surface area contributed by atoms with E-state index in [0.717, 1.165) is 34.2 Å². The molecule has 2 aromatic carbocycles. The van der Waals surface area contributed by atoms with Gasteiger partial charge in [-0.15, -0.1) is 0 Å². The quantitative estimate of drug-likeness (QED) is 0.446. The second-order valence-electron chi connectivity index (χ2n) is 6.66. The molecule has 6 heteroatoms. The van der Waals surface area contributed by atoms with E-state index >= 15 is 0 Å². The summed E-state index contributed by atoms with van der Waals surface area (Å²) in [5, 5.41) is 11.2. The van der Waals surface area contributed by atoms with Crippen molar-refractivity contribution in [3.05, 3.63) is 106 Å². The highest BCUT2D eigenvalue weighted by Crippen LogP contribution is 2.43. The fourth-order valence-corrected chi connectivity index (χ4v) is 3.61. The zero-order chi connectivity index (χ0) is 20.5. The van der Waals surface area contributed by atoms with Crippen molar-refractivity contribution in [2.75, 3.05) is 19.1 Å². The number of carbonyl (C=O) groups excluding carboxylic acids is 1. The van der Waals surface area contributed by atoms with Crippen LogP contribution in [0.25, 0.3) is 16.8 Å². The summed E-state index contributed by atoms with van der Waals surface area (Å²) in [5.74, 6) is -0.436. The zero-order valence-corrected chi connectivity index (χ0v) is 16.0. The Labute approximate surface area is 167 Å². The second-order valence-corrected chi connectivity index (χ2v) is 6.66. The van der Waals surface area contributed by atoms with Crippen molar-refractivity contribution in [2.24, 2.45) is 0 Å². The Morgan fingerprint density at radius 2 is 1.62 bits per heavy atom. The third-order valence-electron chi connectivity index (χ3n) is 5.04. The van der Waals surface area contributed by atoms with Crippen LogP contribution in [0.3, 0.4) is 0 Å². The molecule has 4 rings (SSSR count). The molecule has 0 saturated carbocycles. The number of fused-ring (bicyclic) bond motifs is 3. The first kappa shape index (κ1) is 18.4. The molecule has 6 nitrogen and oxygen atoms in total. The average Bonchev–Trinajstić information content (AvgIpc) is 2.74. The normalized spacial score (nSPS) is 18.1. The van der Waals surface area contributed by atoms with Crippen LogP contribution in [0.1, 0.15) is 5.56 Å². The molecule has 0 bridgehead atoms. The minimum absolute atomic E-state index is 0.0494. The third kappa shape index (κ3) is 3.14. The van der Waals surface area contributed by atoms with E-state index in [1.54, 1.807) is 6.08 Å². The number of ketones is 1. The van der Waals surface area contributed by atoms with Crippen molar-refractivity contribution in [3.8, 4) is 11.1 Å². The lowest BCUT2D eigenvalue weighted by atomic mass is 9.91. The number of benzene rings is 2. The van der Waals surface area contributed by atoms with E-state index in [1.807, 2.05) is 54.4 Å². The van der Waals surface area contributed by atoms with Gasteiger partial charge in [0.2, 0.25) is 5.78 Å². The Hall–Kier alpha value is -3.93. The number of anilines is 1. The van der Waals surface area contributed by atoms with Gasteiger partial charge in [-0.25, -0.2) is 0 Å². The molecule has 0 fully saturated rings. The van der Waals surface area contributed by atoms with Crippen LogP contribution in [0.2, 0.25) is 0 Å². The molecule has 29 heavy (non-hydrogen) atoms. The maximum absolute atomic E-state index is 12.6. The van der Waals surface area contributed by atoms with E-state index in [9.17, 15) is 14.9 Å². The number of Topliss-reactive ketones (excluding diaryl/α,β-unsaturated/α-hetero) is 1. The number of methoxy groups -OCH3 is 1. The number of carbonyl (C=O) groups is 1. The Bertz CT molecular complexity index is 1150. The van der Waals surface area contributed by atoms with Crippen molar-refractivity contribution in [2.45, 2.75) is 0 Å². The van der Waals surface area contributed by atoms with Crippen LogP contribution in [-0.2, 0) is 9.53 Å². The Balaban J connectivity index is 1.84. The van der Waals surface area contributed by atoms with Crippen molar-refractivity contribution >= 4 is 17.2 Å². The number of rotatable bonds is 3. The lowest BCUT2D eigenvalue weighted by Crippen LogP contribution is -2.20. The van der Waals surface area contributed by atoms with E-state index in [-0.39, 0.29) is 22.8 Å². The molecule has 1 aliphatic carbocycles. The molecular weight excluding hydrogens is 368 g/mol. The highest BCUT2D eigenvalue weighted by molar-refractivity contribution is 6.10. The van der Waals surface area contributed by atoms with Gasteiger partial charge >= 0.3 is 0 Å². The molecule has 0 spiro atoms. The van der Waals surface area contributed by atoms with Crippen LogP contribution in [0.4, 0.5) is 5.69 Å². The van der Waals surface area contributed by atoms with E-state index < -0.39 is 4.92 Å². The topological polar surface area (TPSA) is 72.7 Å². The number of hydrogen-bond donors (Lipinski definition) is 0. The monoisotopic (exact) mass is 386 g/mol. The summed E-state index contributed by atoms with van der Waals surface area (Å²) in [6, 6.07) is 16.1. The Kier molecular flexibility index (Phi) is 4.60. The first-order valence-electron chi connectivity index (χ1n) is 9.02. The summed E-state index contributed by atoms with van der Waals surface area (Å²) in [5.41, 5.74) is 5.20. The number of ether oxygens (including phenoxy) is 1. The largest absolute Gasteiger partial charge is 0.492 e. The minimum Gasteiger partial charge on any atom is -0.492 e. The van der Waals surface area contributed by atoms with Crippen molar-refractivity contribution in [1.82, 2.24) is 0 Å². The molecule has 0 amide bonds. The van der Waals surface area contributed by atoms with E-state index in [2.05, 4.69) is 12.1 Å². The average molecular weight is 386 g/mol. The van der Waals surface area contributed by atoms with Crippen LogP contribution in [0, 0.1) is 10.1 Å². The summed E-state index contributed by atoms with van der Waals surface area (Å²) in [7, 11) is 3.28. The van der Waals surface area contributed by atoms with Gasteiger partial charge in [-0.1, -0.05) is 42.5 Å². The van der Waals surface area contributed by atoms with Gasteiger partial charge in [-0.2, -0.15) is 0 Å². The minimum atomic E-state index is -0.537. The van der Waals surface area contributed by atoms with E-state index in [0.29, 0.717) is 0 Å². The Morgan fingerprint density at radius 3 is 2.31 bits per heavy atom. The fourth-order valence-electron chi connectivity index (χ4n) is 3.61. The highest BCUT2D eigenvalue weighted by atomic mass is 16.6. The van der Waals surface area contributed by atoms with Crippen LogP contribution in [-0.4, -0.2) is 24.9 Å². The summed E-state index contributed by atoms with van der Waals surface area (Å²) < 4.78 is 5.02. The van der Waals surface area contributed by atoms with Gasteiger partial charge in [-0.05, 0) is 23.8 Å². The van der Waals surface area contributed by atoms with Crippen molar-refractivity contribution in [1.29, 1.82) is 0 Å².